The highest BCUT2D eigenvalue weighted by atomic mass is 79.9. The molecule has 0 atom stereocenters. The highest BCUT2D eigenvalue weighted by Gasteiger charge is 2.04. The van der Waals surface area contributed by atoms with Gasteiger partial charge in [-0.15, -0.1) is 0 Å². The zero-order chi connectivity index (χ0) is 12.1. The fourth-order valence-corrected chi connectivity index (χ4v) is 1.47. The van der Waals surface area contributed by atoms with Gasteiger partial charge in [0.1, 0.15) is 5.75 Å². The first-order valence-corrected chi connectivity index (χ1v) is 5.75. The number of hydrogen-bond acceptors (Lipinski definition) is 3. The maximum atomic E-state index is 11.4. The lowest BCUT2D eigenvalue weighted by atomic mass is 10.3. The van der Waals surface area contributed by atoms with Gasteiger partial charge in [0.05, 0.1) is 6.26 Å². The Hall–Kier alpha value is -1.75. The molecule has 4 nitrogen and oxygen atoms in total. The fourth-order valence-electron chi connectivity index (χ4n) is 1.20. The summed E-state index contributed by atoms with van der Waals surface area (Å²) >= 11 is 3.32. The third-order valence-corrected chi connectivity index (χ3v) is 2.50. The Labute approximate surface area is 107 Å². The Balaban J connectivity index is 1.82. The van der Waals surface area contributed by atoms with Gasteiger partial charge in [0.25, 0.3) is 5.91 Å². The van der Waals surface area contributed by atoms with E-state index in [1.807, 2.05) is 12.1 Å². The van der Waals surface area contributed by atoms with Gasteiger partial charge in [-0.3, -0.25) is 10.1 Å². The Morgan fingerprint density at radius 2 is 2.06 bits per heavy atom. The fraction of sp³-hybridized carbons (Fsp3) is 0.0833. The average Bonchev–Trinajstić information content (AvgIpc) is 2.81. The lowest BCUT2D eigenvalue weighted by Gasteiger charge is -2.05. The first kappa shape index (κ1) is 11.7. The van der Waals surface area contributed by atoms with Crippen molar-refractivity contribution in [2.45, 2.75) is 0 Å². The third-order valence-electron chi connectivity index (χ3n) is 1.97. The van der Waals surface area contributed by atoms with Crippen LogP contribution in [0.5, 0.6) is 5.75 Å². The van der Waals surface area contributed by atoms with E-state index >= 15 is 0 Å². The average molecular weight is 296 g/mol. The van der Waals surface area contributed by atoms with Crippen LogP contribution in [0.1, 0.15) is 0 Å². The third kappa shape index (κ3) is 3.64. The summed E-state index contributed by atoms with van der Waals surface area (Å²) < 4.78 is 11.2. The Bertz CT molecular complexity index is 479. The molecule has 1 amide bonds. The number of furan rings is 1. The van der Waals surface area contributed by atoms with Crippen molar-refractivity contribution in [2.24, 2.45) is 0 Å². The molecule has 0 aliphatic rings. The molecule has 1 aromatic carbocycles. The first-order valence-electron chi connectivity index (χ1n) is 4.96. The van der Waals surface area contributed by atoms with E-state index in [1.54, 1.807) is 24.3 Å². The van der Waals surface area contributed by atoms with Crippen molar-refractivity contribution in [3.8, 4) is 5.75 Å². The Kier molecular flexibility index (Phi) is 3.82. The van der Waals surface area contributed by atoms with E-state index in [0.29, 0.717) is 11.6 Å². The molecule has 0 unspecified atom stereocenters. The molecular weight excluding hydrogens is 286 g/mol. The number of carbonyl (C=O) groups excluding carboxylic acids is 1. The Morgan fingerprint density at radius 1 is 1.29 bits per heavy atom. The molecule has 0 spiro atoms. The molecule has 0 saturated carbocycles. The van der Waals surface area contributed by atoms with Crippen molar-refractivity contribution in [1.29, 1.82) is 0 Å². The number of nitrogens with one attached hydrogen (secondary N) is 1. The van der Waals surface area contributed by atoms with Gasteiger partial charge >= 0.3 is 0 Å². The minimum absolute atomic E-state index is 0.0532. The number of carbonyl (C=O) groups is 1. The largest absolute Gasteiger partial charge is 0.484 e. The van der Waals surface area contributed by atoms with Gasteiger partial charge in [0.2, 0.25) is 0 Å². The van der Waals surface area contributed by atoms with Gasteiger partial charge in [0.15, 0.2) is 12.5 Å². The second-order valence-electron chi connectivity index (χ2n) is 3.27. The minimum atomic E-state index is -0.261. The van der Waals surface area contributed by atoms with E-state index in [4.69, 9.17) is 9.15 Å². The van der Waals surface area contributed by atoms with Crippen molar-refractivity contribution in [2.75, 3.05) is 11.9 Å². The molecule has 0 aliphatic carbocycles. The van der Waals surface area contributed by atoms with Crippen molar-refractivity contribution in [1.82, 2.24) is 0 Å². The summed E-state index contributed by atoms with van der Waals surface area (Å²) in [5.41, 5.74) is 0. The number of amides is 1. The number of anilines is 1. The van der Waals surface area contributed by atoms with E-state index in [0.717, 1.165) is 4.47 Å². The van der Waals surface area contributed by atoms with E-state index in [1.165, 1.54) is 6.26 Å². The molecule has 0 radical (unpaired) electrons. The van der Waals surface area contributed by atoms with Crippen LogP contribution in [0, 0.1) is 0 Å². The topological polar surface area (TPSA) is 51.5 Å². The monoisotopic (exact) mass is 295 g/mol. The molecule has 2 rings (SSSR count). The van der Waals surface area contributed by atoms with Gasteiger partial charge in [-0.25, -0.2) is 0 Å². The second kappa shape index (κ2) is 5.54. The zero-order valence-corrected chi connectivity index (χ0v) is 10.4. The van der Waals surface area contributed by atoms with Crippen molar-refractivity contribution in [3.63, 3.8) is 0 Å². The van der Waals surface area contributed by atoms with Crippen LogP contribution in [0.4, 0.5) is 5.88 Å². The van der Waals surface area contributed by atoms with E-state index in [9.17, 15) is 4.79 Å². The van der Waals surface area contributed by atoms with Gasteiger partial charge in [-0.05, 0) is 30.3 Å². The standard InChI is InChI=1S/C12H10BrNO3/c13-9-3-5-10(6-4-9)17-8-11(15)14-12-2-1-7-16-12/h1-7H,8H2,(H,14,15). The highest BCUT2D eigenvalue weighted by molar-refractivity contribution is 9.10. The lowest BCUT2D eigenvalue weighted by molar-refractivity contribution is -0.118. The minimum Gasteiger partial charge on any atom is -0.484 e. The van der Waals surface area contributed by atoms with Crippen LogP contribution in [-0.4, -0.2) is 12.5 Å². The summed E-state index contributed by atoms with van der Waals surface area (Å²) in [5, 5.41) is 2.56. The molecule has 1 heterocycles. The van der Waals surface area contributed by atoms with E-state index in [-0.39, 0.29) is 12.5 Å². The summed E-state index contributed by atoms with van der Waals surface area (Å²) in [6.45, 7) is -0.0532. The van der Waals surface area contributed by atoms with E-state index < -0.39 is 0 Å². The van der Waals surface area contributed by atoms with Gasteiger partial charge in [-0.2, -0.15) is 0 Å². The Morgan fingerprint density at radius 3 is 2.71 bits per heavy atom. The maximum absolute atomic E-state index is 11.4. The molecule has 0 saturated heterocycles. The summed E-state index contributed by atoms with van der Waals surface area (Å²) in [6.07, 6.45) is 1.49. The predicted molar refractivity (Wildman–Crippen MR) is 67.0 cm³/mol. The molecular formula is C12H10BrNO3. The molecule has 0 fully saturated rings. The van der Waals surface area contributed by atoms with Crippen molar-refractivity contribution < 1.29 is 13.9 Å². The summed E-state index contributed by atoms with van der Waals surface area (Å²) in [7, 11) is 0. The first-order chi connectivity index (χ1) is 8.24. The van der Waals surface area contributed by atoms with Crippen LogP contribution in [0.2, 0.25) is 0 Å². The van der Waals surface area contributed by atoms with Gasteiger partial charge < -0.3 is 9.15 Å². The van der Waals surface area contributed by atoms with Crippen LogP contribution >= 0.6 is 15.9 Å². The number of rotatable bonds is 4. The summed E-state index contributed by atoms with van der Waals surface area (Å²) in [5.74, 6) is 0.792. The van der Waals surface area contributed by atoms with Gasteiger partial charge in [-0.1, -0.05) is 15.9 Å². The van der Waals surface area contributed by atoms with Crippen LogP contribution in [0.25, 0.3) is 0 Å². The highest BCUT2D eigenvalue weighted by Crippen LogP contribution is 2.16. The maximum Gasteiger partial charge on any atom is 0.264 e. The zero-order valence-electron chi connectivity index (χ0n) is 8.85. The van der Waals surface area contributed by atoms with Crippen LogP contribution in [0.15, 0.2) is 51.6 Å². The second-order valence-corrected chi connectivity index (χ2v) is 4.18. The number of benzene rings is 1. The number of hydrogen-bond donors (Lipinski definition) is 1. The van der Waals surface area contributed by atoms with Crippen molar-refractivity contribution >= 4 is 27.7 Å². The van der Waals surface area contributed by atoms with E-state index in [2.05, 4.69) is 21.2 Å². The van der Waals surface area contributed by atoms with Crippen molar-refractivity contribution in [3.05, 3.63) is 47.1 Å². The summed E-state index contributed by atoms with van der Waals surface area (Å²) in [6, 6.07) is 10.6. The molecule has 2 aromatic rings. The van der Waals surface area contributed by atoms with Crippen LogP contribution in [-0.2, 0) is 4.79 Å². The number of ether oxygens (including phenoxy) is 1. The summed E-state index contributed by atoms with van der Waals surface area (Å²) in [4.78, 5) is 11.4. The molecule has 88 valence electrons. The molecule has 17 heavy (non-hydrogen) atoms. The molecule has 5 heteroatoms. The molecule has 0 bridgehead atoms. The molecule has 0 aliphatic heterocycles. The smallest absolute Gasteiger partial charge is 0.264 e. The van der Waals surface area contributed by atoms with Gasteiger partial charge in [0, 0.05) is 10.5 Å². The SMILES string of the molecule is O=C(COc1ccc(Br)cc1)Nc1ccco1. The lowest BCUT2D eigenvalue weighted by Crippen LogP contribution is -2.19. The number of halogens is 1. The van der Waals surface area contributed by atoms with Crippen LogP contribution in [0.3, 0.4) is 0 Å². The normalized spacial score (nSPS) is 9.94. The van der Waals surface area contributed by atoms with Crippen LogP contribution < -0.4 is 10.1 Å². The molecule has 1 N–H and O–H groups in total. The predicted octanol–water partition coefficient (Wildman–Crippen LogP) is 3.06. The quantitative estimate of drug-likeness (QED) is 0.943. The molecule has 1 aromatic heterocycles.